The summed E-state index contributed by atoms with van der Waals surface area (Å²) in [6.07, 6.45) is 0.352. The van der Waals surface area contributed by atoms with Crippen molar-refractivity contribution >= 4 is 54.4 Å². The number of nitrogens with zero attached hydrogens (tertiary/aromatic N) is 6. The van der Waals surface area contributed by atoms with E-state index in [0.717, 1.165) is 11.1 Å². The summed E-state index contributed by atoms with van der Waals surface area (Å²) < 4.78 is 75.7. The van der Waals surface area contributed by atoms with Gasteiger partial charge in [-0.15, -0.1) is 0 Å². The maximum Gasteiger partial charge on any atom is 0.278 e. The highest BCUT2D eigenvalue weighted by Gasteiger charge is 2.29. The van der Waals surface area contributed by atoms with E-state index >= 15 is 0 Å². The quantitative estimate of drug-likeness (QED) is 0.0377. The molecule has 4 aromatic rings. The molecule has 1 aliphatic rings. The Balaban J connectivity index is 1.33. The lowest BCUT2D eigenvalue weighted by atomic mass is 10.1. The second-order valence-electron chi connectivity index (χ2n) is 16.7. The van der Waals surface area contributed by atoms with E-state index in [4.69, 9.17) is 15.0 Å². The van der Waals surface area contributed by atoms with E-state index in [-0.39, 0.29) is 29.5 Å². The van der Waals surface area contributed by atoms with Gasteiger partial charge in [0.15, 0.2) is 5.25 Å². The van der Waals surface area contributed by atoms with Crippen LogP contribution in [0.15, 0.2) is 60.7 Å². The number of hydrogen-bond acceptors (Lipinski definition) is 14. The lowest BCUT2D eigenvalue weighted by molar-refractivity contribution is -0.120. The van der Waals surface area contributed by atoms with Gasteiger partial charge in [0.1, 0.15) is 22.1 Å². The van der Waals surface area contributed by atoms with Crippen molar-refractivity contribution in [1.82, 2.24) is 35.0 Å². The standard InChI is InChI=1S/C43H59N8O11P3S/c1-31-21-35(46-40(23-31)63(3,53)54)28-49-14-15-50(29-36-22-32(2)24-41(47-36)64(4,55)56)17-19-51(18-16-49)30-37-25-34(26-42(48-37)65(5,57)58)8-7-33-9-11-38(12-10-33)62-20-6-13-45-43(52)39(27-44)66(59,60)61/h9-12,21-26,39H,6,13-20,27-30,44H2,1-5H3,(H,45,52)(H,53,54)(H,55,56)(H,57,58)(H,59,60,61). The summed E-state index contributed by atoms with van der Waals surface area (Å²) in [6, 6.07) is 17.3. The van der Waals surface area contributed by atoms with Crippen LogP contribution in [0.3, 0.4) is 0 Å². The number of rotatable bonds is 17. The third-order valence-electron chi connectivity index (χ3n) is 10.5. The summed E-state index contributed by atoms with van der Waals surface area (Å²) in [6.45, 7) is 12.0. The zero-order valence-corrected chi connectivity index (χ0v) is 41.2. The maximum absolute atomic E-state index is 13.0. The topological polar surface area (TPSA) is 279 Å². The molecule has 358 valence electrons. The van der Waals surface area contributed by atoms with Gasteiger partial charge < -0.3 is 30.5 Å². The summed E-state index contributed by atoms with van der Waals surface area (Å²) >= 11 is 0. The predicted molar refractivity (Wildman–Crippen MR) is 254 cm³/mol. The number of carbonyl (C=O) groups is 1. The second-order valence-corrected chi connectivity index (χ2v) is 24.9. The zero-order valence-electron chi connectivity index (χ0n) is 37.7. The van der Waals surface area contributed by atoms with Crippen molar-refractivity contribution < 1.29 is 50.9 Å². The molecule has 0 saturated carbocycles. The van der Waals surface area contributed by atoms with Crippen molar-refractivity contribution in [2.45, 2.75) is 45.2 Å². The average Bonchev–Trinajstić information content (AvgIpc) is 3.29. The molecular formula is C43H59N8O11P3S. The van der Waals surface area contributed by atoms with Gasteiger partial charge in [-0.25, -0.2) is 15.0 Å². The zero-order chi connectivity index (χ0) is 48.5. The first kappa shape index (κ1) is 52.8. The first-order chi connectivity index (χ1) is 30.8. The van der Waals surface area contributed by atoms with Crippen molar-refractivity contribution in [3.05, 3.63) is 100.0 Å². The van der Waals surface area contributed by atoms with Gasteiger partial charge in [-0.1, -0.05) is 11.8 Å². The Hall–Kier alpha value is -4.18. The van der Waals surface area contributed by atoms with Crippen LogP contribution in [-0.4, -0.2) is 147 Å². The molecule has 0 radical (unpaired) electrons. The molecule has 1 amide bonds. The van der Waals surface area contributed by atoms with Crippen molar-refractivity contribution in [3.63, 3.8) is 0 Å². The van der Waals surface area contributed by atoms with E-state index in [1.807, 2.05) is 26.0 Å². The SMILES string of the molecule is Cc1cc(CN2CCN(Cc3cc(C)cc(P(C)(=O)O)n3)CCN(Cc3cc(C#Cc4ccc(OCCCNC(=O)C(CN)S(=O)(=O)O)cc4)cc(P(C)(=O)O)n3)CC2)nc(P(C)(=O)O)c1. The number of carbonyl (C=O) groups excluding carboxylic acids is 1. The van der Waals surface area contributed by atoms with Crippen LogP contribution < -0.4 is 32.1 Å². The molecule has 5 rings (SSSR count). The van der Waals surface area contributed by atoms with Gasteiger partial charge >= 0.3 is 0 Å². The minimum atomic E-state index is -4.61. The number of ether oxygens (including phenoxy) is 1. The van der Waals surface area contributed by atoms with Gasteiger partial charge in [-0.3, -0.25) is 37.7 Å². The van der Waals surface area contributed by atoms with E-state index in [2.05, 4.69) is 46.8 Å². The van der Waals surface area contributed by atoms with Crippen LogP contribution >= 0.6 is 22.1 Å². The van der Waals surface area contributed by atoms with Crippen LogP contribution in [-0.2, 0) is 48.2 Å². The van der Waals surface area contributed by atoms with Crippen LogP contribution in [0, 0.1) is 25.7 Å². The number of aromatic nitrogens is 3. The largest absolute Gasteiger partial charge is 0.494 e. The highest BCUT2D eigenvalue weighted by Crippen LogP contribution is 2.35. The molecule has 1 aromatic carbocycles. The van der Waals surface area contributed by atoms with Crippen LogP contribution in [0.25, 0.3) is 0 Å². The first-order valence-electron chi connectivity index (χ1n) is 21.1. The third kappa shape index (κ3) is 16.6. The highest BCUT2D eigenvalue weighted by molar-refractivity contribution is 7.87. The summed E-state index contributed by atoms with van der Waals surface area (Å²) in [7, 11) is -15.6. The van der Waals surface area contributed by atoms with Crippen molar-refractivity contribution in [1.29, 1.82) is 0 Å². The molecule has 7 N–H and O–H groups in total. The van der Waals surface area contributed by atoms with E-state index < -0.39 is 49.9 Å². The molecule has 1 saturated heterocycles. The Bertz CT molecular complexity index is 2600. The van der Waals surface area contributed by atoms with E-state index in [9.17, 15) is 41.6 Å². The molecule has 66 heavy (non-hydrogen) atoms. The summed E-state index contributed by atoms with van der Waals surface area (Å²) in [5.41, 5.74) is 10.3. The molecule has 0 aliphatic carbocycles. The first-order valence-corrected chi connectivity index (χ1v) is 28.9. The van der Waals surface area contributed by atoms with Crippen LogP contribution in [0.1, 0.15) is 45.8 Å². The Kier molecular flexibility index (Phi) is 18.2. The van der Waals surface area contributed by atoms with E-state index in [1.165, 1.54) is 26.1 Å². The van der Waals surface area contributed by atoms with Gasteiger partial charge in [0.05, 0.1) is 23.7 Å². The number of amides is 1. The smallest absolute Gasteiger partial charge is 0.278 e. The second kappa shape index (κ2) is 22.7. The minimum Gasteiger partial charge on any atom is -0.494 e. The molecule has 3 aromatic heterocycles. The Morgan fingerprint density at radius 2 is 1.12 bits per heavy atom. The Labute approximate surface area is 386 Å². The van der Waals surface area contributed by atoms with Crippen LogP contribution in [0.5, 0.6) is 5.75 Å². The summed E-state index contributed by atoms with van der Waals surface area (Å²) in [5.74, 6) is 5.84. The number of nitrogens with one attached hydrogen (secondary N) is 1. The fourth-order valence-electron chi connectivity index (χ4n) is 7.04. The predicted octanol–water partition coefficient (Wildman–Crippen LogP) is 1.38. The van der Waals surface area contributed by atoms with E-state index in [1.54, 1.807) is 42.5 Å². The number of aryl methyl sites for hydroxylation is 2. The van der Waals surface area contributed by atoms with Gasteiger partial charge in [-0.05, 0) is 92.1 Å². The number of nitrogens with two attached hydrogens (primary N) is 1. The molecule has 4 atom stereocenters. The Morgan fingerprint density at radius 1 is 0.712 bits per heavy atom. The fourth-order valence-corrected chi connectivity index (χ4v) is 9.84. The third-order valence-corrected chi connectivity index (χ3v) is 14.8. The monoisotopic (exact) mass is 988 g/mol. The van der Waals surface area contributed by atoms with Crippen molar-refractivity contribution in [2.75, 3.05) is 79.0 Å². The lowest BCUT2D eigenvalue weighted by Gasteiger charge is -2.26. The molecule has 23 heteroatoms. The fraction of sp³-hybridized carbons (Fsp3) is 0.442. The molecule has 4 heterocycles. The van der Waals surface area contributed by atoms with Gasteiger partial charge in [-0.2, -0.15) is 8.42 Å². The van der Waals surface area contributed by atoms with Gasteiger partial charge in [0.2, 0.25) is 28.0 Å². The minimum absolute atomic E-state index is 0.0186. The number of benzene rings is 1. The van der Waals surface area contributed by atoms with Crippen LogP contribution in [0.4, 0.5) is 0 Å². The molecule has 19 nitrogen and oxygen atoms in total. The highest BCUT2D eigenvalue weighted by atomic mass is 32.2. The Morgan fingerprint density at radius 3 is 1.53 bits per heavy atom. The number of pyridine rings is 3. The molecule has 1 aliphatic heterocycles. The number of hydrogen-bond donors (Lipinski definition) is 6. The molecule has 0 bridgehead atoms. The molecule has 0 spiro atoms. The van der Waals surface area contributed by atoms with Crippen molar-refractivity contribution in [2.24, 2.45) is 5.73 Å². The van der Waals surface area contributed by atoms with Crippen LogP contribution in [0.2, 0.25) is 0 Å². The van der Waals surface area contributed by atoms with E-state index in [0.29, 0.717) is 99.3 Å². The lowest BCUT2D eigenvalue weighted by Crippen LogP contribution is -2.44. The summed E-state index contributed by atoms with van der Waals surface area (Å²) in [4.78, 5) is 63.7. The molecule has 1 fully saturated rings. The summed E-state index contributed by atoms with van der Waals surface area (Å²) in [5, 5.41) is 0.676. The molecule has 4 unspecified atom stereocenters. The van der Waals surface area contributed by atoms with Gasteiger partial charge in [0, 0.05) is 103 Å². The average molecular weight is 989 g/mol. The van der Waals surface area contributed by atoms with Gasteiger partial charge in [0.25, 0.3) is 10.1 Å². The van der Waals surface area contributed by atoms with Crippen molar-refractivity contribution in [3.8, 4) is 17.6 Å². The maximum atomic E-state index is 13.0. The normalized spacial score (nSPS) is 17.7. The molecular weight excluding hydrogens is 930 g/mol.